The molecule has 0 radical (unpaired) electrons. The average molecular weight is 442 g/mol. The fourth-order valence-electron chi connectivity index (χ4n) is 4.20. The quantitative estimate of drug-likeness (QED) is 0.540. The van der Waals surface area contributed by atoms with E-state index in [1.807, 2.05) is 0 Å². The monoisotopic (exact) mass is 441 g/mol. The van der Waals surface area contributed by atoms with E-state index in [-0.39, 0.29) is 23.7 Å². The third-order valence-electron chi connectivity index (χ3n) is 6.06. The lowest BCUT2D eigenvalue weighted by atomic mass is 10.1. The van der Waals surface area contributed by atoms with Gasteiger partial charge in [0, 0.05) is 24.9 Å². The van der Waals surface area contributed by atoms with E-state index in [1.165, 1.54) is 35.6 Å². The zero-order valence-corrected chi connectivity index (χ0v) is 17.8. The minimum atomic E-state index is -0.651. The number of aromatic nitrogens is 1. The number of benzene rings is 1. The minimum absolute atomic E-state index is 0.0141. The fraction of sp³-hybridized carbons (Fsp3) is 0.435. The second-order valence-electron chi connectivity index (χ2n) is 8.67. The highest BCUT2D eigenvalue weighted by Gasteiger charge is 2.36. The molecule has 0 spiro atoms. The summed E-state index contributed by atoms with van der Waals surface area (Å²) in [7, 11) is 0. The molecule has 8 nitrogen and oxygen atoms in total. The molecule has 1 aromatic carbocycles. The topological polar surface area (TPSA) is 109 Å². The van der Waals surface area contributed by atoms with Crippen LogP contribution in [0.5, 0.6) is 0 Å². The molecule has 1 saturated carbocycles. The summed E-state index contributed by atoms with van der Waals surface area (Å²) in [5.41, 5.74) is 5.65. The first kappa shape index (κ1) is 22.2. The van der Waals surface area contributed by atoms with Gasteiger partial charge in [-0.3, -0.25) is 23.9 Å². The van der Waals surface area contributed by atoms with Crippen molar-refractivity contribution >= 4 is 17.5 Å². The molecule has 2 atom stereocenters. The molecule has 2 heterocycles. The first-order chi connectivity index (χ1) is 15.4. The first-order valence-electron chi connectivity index (χ1n) is 10.9. The Morgan fingerprint density at radius 1 is 1.12 bits per heavy atom. The summed E-state index contributed by atoms with van der Waals surface area (Å²) in [6.45, 7) is 2.30. The van der Waals surface area contributed by atoms with Gasteiger partial charge in [-0.15, -0.1) is 0 Å². The summed E-state index contributed by atoms with van der Waals surface area (Å²) in [5, 5.41) is 6.00. The predicted octanol–water partition coefficient (Wildman–Crippen LogP) is 1.09. The number of amides is 2. The molecule has 9 heteroatoms. The number of nitrogens with zero attached hydrogens (tertiary/aromatic N) is 2. The molecule has 2 fully saturated rings. The SMILES string of the molecule is NC(=O)C1C[C@@H](CNCC2CC2)CN1CC(=O)Nc1ccc(-n2ccccc2=O)cc1F. The Morgan fingerprint density at radius 3 is 2.59 bits per heavy atom. The molecule has 1 aliphatic heterocycles. The van der Waals surface area contributed by atoms with Gasteiger partial charge in [-0.2, -0.15) is 0 Å². The van der Waals surface area contributed by atoms with Crippen molar-refractivity contribution in [3.63, 3.8) is 0 Å². The number of carbonyl (C=O) groups excluding carboxylic acids is 2. The Morgan fingerprint density at radius 2 is 1.91 bits per heavy atom. The maximum Gasteiger partial charge on any atom is 0.255 e. The fourth-order valence-corrected chi connectivity index (χ4v) is 4.20. The largest absolute Gasteiger partial charge is 0.368 e. The van der Waals surface area contributed by atoms with Gasteiger partial charge in [0.25, 0.3) is 5.56 Å². The summed E-state index contributed by atoms with van der Waals surface area (Å²) >= 11 is 0. The van der Waals surface area contributed by atoms with Gasteiger partial charge < -0.3 is 16.4 Å². The maximum atomic E-state index is 14.6. The molecule has 1 aliphatic carbocycles. The zero-order valence-electron chi connectivity index (χ0n) is 17.8. The Balaban J connectivity index is 1.36. The number of primary amides is 1. The van der Waals surface area contributed by atoms with Crippen molar-refractivity contribution in [3.8, 4) is 5.69 Å². The van der Waals surface area contributed by atoms with Crippen LogP contribution in [-0.2, 0) is 9.59 Å². The maximum absolute atomic E-state index is 14.6. The molecular formula is C23H28FN5O3. The number of carbonyl (C=O) groups is 2. The molecule has 1 aromatic heterocycles. The van der Waals surface area contributed by atoms with Crippen LogP contribution < -0.4 is 21.9 Å². The van der Waals surface area contributed by atoms with Gasteiger partial charge in [-0.1, -0.05) is 6.07 Å². The number of hydrogen-bond donors (Lipinski definition) is 3. The molecule has 32 heavy (non-hydrogen) atoms. The predicted molar refractivity (Wildman–Crippen MR) is 119 cm³/mol. The highest BCUT2D eigenvalue weighted by Crippen LogP contribution is 2.28. The third-order valence-corrected chi connectivity index (χ3v) is 6.06. The van der Waals surface area contributed by atoms with Crippen molar-refractivity contribution in [2.45, 2.75) is 25.3 Å². The first-order valence-corrected chi connectivity index (χ1v) is 10.9. The van der Waals surface area contributed by atoms with Crippen LogP contribution in [0.2, 0.25) is 0 Å². The van der Waals surface area contributed by atoms with Gasteiger partial charge in [0.2, 0.25) is 11.8 Å². The summed E-state index contributed by atoms with van der Waals surface area (Å²) in [4.78, 5) is 38.1. The van der Waals surface area contributed by atoms with Crippen LogP contribution in [0.3, 0.4) is 0 Å². The highest BCUT2D eigenvalue weighted by atomic mass is 19.1. The van der Waals surface area contributed by atoms with E-state index in [0.717, 1.165) is 19.0 Å². The van der Waals surface area contributed by atoms with Crippen LogP contribution in [0.1, 0.15) is 19.3 Å². The molecule has 2 amide bonds. The lowest BCUT2D eigenvalue weighted by molar-refractivity contribution is -0.123. The number of pyridine rings is 1. The molecule has 0 bridgehead atoms. The molecule has 170 valence electrons. The van der Waals surface area contributed by atoms with E-state index >= 15 is 0 Å². The molecule has 4 rings (SSSR count). The van der Waals surface area contributed by atoms with Crippen molar-refractivity contribution in [2.75, 3.05) is 31.5 Å². The lowest BCUT2D eigenvalue weighted by Gasteiger charge is -2.21. The number of nitrogens with one attached hydrogen (secondary N) is 2. The second kappa shape index (κ2) is 9.62. The summed E-state index contributed by atoms with van der Waals surface area (Å²) < 4.78 is 15.9. The number of halogens is 1. The van der Waals surface area contributed by atoms with Crippen LogP contribution in [0.4, 0.5) is 10.1 Å². The number of anilines is 1. The molecule has 4 N–H and O–H groups in total. The van der Waals surface area contributed by atoms with Gasteiger partial charge in [0.15, 0.2) is 0 Å². The van der Waals surface area contributed by atoms with Crippen LogP contribution in [0.25, 0.3) is 5.69 Å². The van der Waals surface area contributed by atoms with Crippen molar-refractivity contribution in [1.29, 1.82) is 0 Å². The van der Waals surface area contributed by atoms with Crippen molar-refractivity contribution < 1.29 is 14.0 Å². The van der Waals surface area contributed by atoms with Gasteiger partial charge in [0.1, 0.15) is 5.82 Å². The van der Waals surface area contributed by atoms with E-state index in [4.69, 9.17) is 5.73 Å². The van der Waals surface area contributed by atoms with Crippen LogP contribution in [-0.4, -0.2) is 53.5 Å². The Labute approximate surface area is 185 Å². The van der Waals surface area contributed by atoms with Gasteiger partial charge in [-0.05, 0) is 62.4 Å². The van der Waals surface area contributed by atoms with E-state index in [1.54, 1.807) is 29.3 Å². The van der Waals surface area contributed by atoms with Crippen LogP contribution in [0.15, 0.2) is 47.4 Å². The van der Waals surface area contributed by atoms with Gasteiger partial charge in [0.05, 0.1) is 24.0 Å². The van der Waals surface area contributed by atoms with Crippen molar-refractivity contribution in [1.82, 2.24) is 14.8 Å². The second-order valence-corrected chi connectivity index (χ2v) is 8.67. The highest BCUT2D eigenvalue weighted by molar-refractivity contribution is 5.93. The number of rotatable bonds is 9. The normalized spacial score (nSPS) is 20.9. The van der Waals surface area contributed by atoms with Crippen molar-refractivity contribution in [2.24, 2.45) is 17.6 Å². The molecular weight excluding hydrogens is 413 g/mol. The van der Waals surface area contributed by atoms with Crippen molar-refractivity contribution in [3.05, 3.63) is 58.8 Å². The van der Waals surface area contributed by atoms with E-state index < -0.39 is 23.7 Å². The summed E-state index contributed by atoms with van der Waals surface area (Å²) in [6, 6.07) is 8.33. The minimum Gasteiger partial charge on any atom is -0.368 e. The van der Waals surface area contributed by atoms with E-state index in [2.05, 4.69) is 10.6 Å². The Kier molecular flexibility index (Phi) is 6.66. The zero-order chi connectivity index (χ0) is 22.7. The Hall–Kier alpha value is -3.04. The standard InChI is InChI=1S/C23H28FN5O3/c24-18-10-17(29-8-2-1-3-22(29)31)6-7-19(18)27-21(30)14-28-13-16(9-20(28)23(25)32)12-26-11-15-4-5-15/h1-3,6-8,10,15-16,20,26H,4-5,9,11-14H2,(H2,25,32)(H,27,30)/t16-,20?/m0/s1. The van der Waals surface area contributed by atoms with E-state index in [9.17, 15) is 18.8 Å². The van der Waals surface area contributed by atoms with Gasteiger partial charge in [-0.25, -0.2) is 4.39 Å². The smallest absolute Gasteiger partial charge is 0.255 e. The molecule has 2 aromatic rings. The van der Waals surface area contributed by atoms with E-state index in [0.29, 0.717) is 18.7 Å². The Bertz CT molecular complexity index is 1050. The van der Waals surface area contributed by atoms with Crippen LogP contribution in [0, 0.1) is 17.7 Å². The average Bonchev–Trinajstić information content (AvgIpc) is 3.49. The summed E-state index contributed by atoms with van der Waals surface area (Å²) in [5.74, 6) is -0.523. The summed E-state index contributed by atoms with van der Waals surface area (Å²) in [6.07, 6.45) is 4.69. The number of likely N-dealkylation sites (tertiary alicyclic amines) is 1. The van der Waals surface area contributed by atoms with Crippen LogP contribution >= 0.6 is 0 Å². The number of nitrogens with two attached hydrogens (primary N) is 1. The van der Waals surface area contributed by atoms with Gasteiger partial charge >= 0.3 is 0 Å². The third kappa shape index (κ3) is 5.41. The molecule has 2 aliphatic rings. The molecule has 1 unspecified atom stereocenters. The lowest BCUT2D eigenvalue weighted by Crippen LogP contribution is -2.44. The molecule has 1 saturated heterocycles. The number of hydrogen-bond acceptors (Lipinski definition) is 5.